The fraction of sp³-hybridized carbons (Fsp3) is 0.682. The lowest BCUT2D eigenvalue weighted by Crippen LogP contribution is -2.42. The molecule has 0 spiro atoms. The number of hydrogen-bond acceptors (Lipinski definition) is 3. The molecule has 0 amide bonds. The van der Waals surface area contributed by atoms with Gasteiger partial charge in [0.25, 0.3) is 0 Å². The highest BCUT2D eigenvalue weighted by molar-refractivity contribution is 5.74. The van der Waals surface area contributed by atoms with Crippen LogP contribution in [0.25, 0.3) is 0 Å². The highest BCUT2D eigenvalue weighted by Crippen LogP contribution is 2.64. The van der Waals surface area contributed by atoms with E-state index in [-0.39, 0.29) is 34.5 Å². The number of carbonyl (C=O) groups excluding carboxylic acids is 1. The molecule has 1 aromatic carbocycles. The van der Waals surface area contributed by atoms with Crippen LogP contribution in [-0.2, 0) is 4.79 Å². The predicted molar refractivity (Wildman–Crippen MR) is 102 cm³/mol. The van der Waals surface area contributed by atoms with Gasteiger partial charge in [0.2, 0.25) is 0 Å². The van der Waals surface area contributed by atoms with Crippen LogP contribution in [0, 0.1) is 28.5 Å². The molecule has 1 N–H and O–H groups in total. The van der Waals surface area contributed by atoms with Crippen molar-refractivity contribution in [1.29, 1.82) is 0 Å². The van der Waals surface area contributed by atoms with Crippen LogP contribution < -0.4 is 10.1 Å². The molecule has 144 valence electrons. The zero-order valence-electron chi connectivity index (χ0n) is 16.7. The number of carbonyl (C=O) groups is 1. The predicted octanol–water partition coefficient (Wildman–Crippen LogP) is 4.91. The number of rotatable bonds is 5. The van der Waals surface area contributed by atoms with Gasteiger partial charge in [0.05, 0.1) is 5.92 Å². The second-order valence-corrected chi connectivity index (χ2v) is 9.38. The van der Waals surface area contributed by atoms with Crippen molar-refractivity contribution in [2.24, 2.45) is 22.7 Å². The zero-order chi connectivity index (χ0) is 19.1. The maximum Gasteiger partial charge on any atom is 0.313 e. The number of esters is 1. The first kappa shape index (κ1) is 19.3. The second kappa shape index (κ2) is 6.95. The lowest BCUT2D eigenvalue weighted by Gasteiger charge is -2.47. The topological polar surface area (TPSA) is 38.3 Å². The van der Waals surface area contributed by atoms with Crippen molar-refractivity contribution in [2.45, 2.75) is 59.3 Å². The molecule has 3 rings (SSSR count). The van der Waals surface area contributed by atoms with E-state index in [4.69, 9.17) is 4.74 Å². The third-order valence-corrected chi connectivity index (χ3v) is 6.70. The van der Waals surface area contributed by atoms with Crippen LogP contribution in [0.15, 0.2) is 18.2 Å². The third kappa shape index (κ3) is 3.53. The van der Waals surface area contributed by atoms with Crippen molar-refractivity contribution >= 4 is 5.97 Å². The molecule has 1 aromatic rings. The molecule has 2 fully saturated rings. The van der Waals surface area contributed by atoms with Crippen LogP contribution in [0.4, 0.5) is 4.39 Å². The third-order valence-electron chi connectivity index (χ3n) is 6.70. The molecule has 4 atom stereocenters. The fourth-order valence-corrected chi connectivity index (χ4v) is 5.43. The van der Waals surface area contributed by atoms with E-state index in [9.17, 15) is 9.18 Å². The Morgan fingerprint density at radius 1 is 1.35 bits per heavy atom. The SMILES string of the molecule is CNC[C@@H]1[C@H](c2cc(OC(=O)C(C)C)ccc2F)C[C@@]2(C)CC[C@]1(C)C2. The summed E-state index contributed by atoms with van der Waals surface area (Å²) in [5.74, 6) is 0.311. The Kier molecular flexibility index (Phi) is 5.17. The molecular weight excluding hydrogens is 329 g/mol. The quantitative estimate of drug-likeness (QED) is 0.598. The molecule has 0 unspecified atom stereocenters. The first-order valence-corrected chi connectivity index (χ1v) is 9.83. The van der Waals surface area contributed by atoms with Crippen LogP contribution in [0.5, 0.6) is 5.75 Å². The largest absolute Gasteiger partial charge is 0.426 e. The Morgan fingerprint density at radius 2 is 2.08 bits per heavy atom. The summed E-state index contributed by atoms with van der Waals surface area (Å²) in [6, 6.07) is 4.78. The molecule has 0 aromatic heterocycles. The Bertz CT molecular complexity index is 689. The van der Waals surface area contributed by atoms with Crippen molar-refractivity contribution in [3.8, 4) is 5.75 Å². The van der Waals surface area contributed by atoms with E-state index < -0.39 is 0 Å². The first-order valence-electron chi connectivity index (χ1n) is 9.83. The van der Waals surface area contributed by atoms with Gasteiger partial charge in [0.1, 0.15) is 11.6 Å². The average molecular weight is 362 g/mol. The minimum absolute atomic E-state index is 0.145. The van der Waals surface area contributed by atoms with E-state index in [1.165, 1.54) is 25.3 Å². The van der Waals surface area contributed by atoms with E-state index >= 15 is 0 Å². The van der Waals surface area contributed by atoms with Gasteiger partial charge in [-0.3, -0.25) is 4.79 Å². The molecule has 3 nitrogen and oxygen atoms in total. The van der Waals surface area contributed by atoms with Crippen LogP contribution in [-0.4, -0.2) is 19.6 Å². The number of fused-ring (bicyclic) bond motifs is 2. The summed E-state index contributed by atoms with van der Waals surface area (Å²) in [5, 5.41) is 3.33. The summed E-state index contributed by atoms with van der Waals surface area (Å²) < 4.78 is 20.3. The molecule has 0 heterocycles. The van der Waals surface area contributed by atoms with Crippen LogP contribution in [0.2, 0.25) is 0 Å². The molecule has 26 heavy (non-hydrogen) atoms. The molecule has 2 aliphatic rings. The Labute approximate surface area is 156 Å². The highest BCUT2D eigenvalue weighted by atomic mass is 19.1. The fourth-order valence-electron chi connectivity index (χ4n) is 5.43. The normalized spacial score (nSPS) is 33.5. The number of hydrogen-bond donors (Lipinski definition) is 1. The summed E-state index contributed by atoms with van der Waals surface area (Å²) in [5.41, 5.74) is 1.22. The highest BCUT2D eigenvalue weighted by Gasteiger charge is 2.55. The monoisotopic (exact) mass is 361 g/mol. The van der Waals surface area contributed by atoms with Crippen molar-refractivity contribution < 1.29 is 13.9 Å². The molecule has 0 aliphatic heterocycles. The van der Waals surface area contributed by atoms with Gasteiger partial charge in [-0.25, -0.2) is 4.39 Å². The standard InChI is InChI=1S/C22H32FNO2/c1-14(2)20(25)26-15-6-7-19(23)16(10-15)17-11-21(3)8-9-22(4,13-21)18(17)12-24-5/h6-7,10,14,17-18,24H,8-9,11-13H2,1-5H3/t17-,18+,21+,22+/m0/s1. The Hall–Kier alpha value is -1.42. The Morgan fingerprint density at radius 3 is 2.73 bits per heavy atom. The summed E-state index contributed by atoms with van der Waals surface area (Å²) in [6.45, 7) is 9.20. The minimum atomic E-state index is -0.281. The van der Waals surface area contributed by atoms with Gasteiger partial charge in [0.15, 0.2) is 0 Å². The van der Waals surface area contributed by atoms with E-state index in [2.05, 4.69) is 19.2 Å². The van der Waals surface area contributed by atoms with Gasteiger partial charge in [-0.1, -0.05) is 27.7 Å². The molecule has 2 saturated carbocycles. The first-order chi connectivity index (χ1) is 12.2. The summed E-state index contributed by atoms with van der Waals surface area (Å²) in [7, 11) is 1.97. The lowest BCUT2D eigenvalue weighted by molar-refractivity contribution is -0.137. The van der Waals surface area contributed by atoms with Crippen LogP contribution >= 0.6 is 0 Å². The van der Waals surface area contributed by atoms with E-state index in [0.29, 0.717) is 17.2 Å². The average Bonchev–Trinajstić information content (AvgIpc) is 2.83. The van der Waals surface area contributed by atoms with Gasteiger partial charge in [-0.15, -0.1) is 0 Å². The van der Waals surface area contributed by atoms with Gasteiger partial charge < -0.3 is 10.1 Å². The zero-order valence-corrected chi connectivity index (χ0v) is 16.7. The molecule has 0 saturated heterocycles. The molecule has 0 radical (unpaired) electrons. The van der Waals surface area contributed by atoms with Gasteiger partial charge in [0, 0.05) is 0 Å². The second-order valence-electron chi connectivity index (χ2n) is 9.38. The van der Waals surface area contributed by atoms with E-state index in [0.717, 1.165) is 13.0 Å². The van der Waals surface area contributed by atoms with E-state index in [1.54, 1.807) is 26.0 Å². The molecule has 2 aliphatic carbocycles. The number of halogens is 1. The molecule has 2 bridgehead atoms. The van der Waals surface area contributed by atoms with Crippen LogP contribution in [0.1, 0.15) is 64.9 Å². The minimum Gasteiger partial charge on any atom is -0.426 e. The van der Waals surface area contributed by atoms with Crippen molar-refractivity contribution in [3.63, 3.8) is 0 Å². The van der Waals surface area contributed by atoms with Crippen molar-refractivity contribution in [2.75, 3.05) is 13.6 Å². The van der Waals surface area contributed by atoms with Gasteiger partial charge >= 0.3 is 5.97 Å². The smallest absolute Gasteiger partial charge is 0.313 e. The summed E-state index contributed by atoms with van der Waals surface area (Å²) in [4.78, 5) is 11.9. The van der Waals surface area contributed by atoms with Gasteiger partial charge in [-0.05, 0) is 85.7 Å². The lowest BCUT2D eigenvalue weighted by atomic mass is 9.58. The molecule has 4 heteroatoms. The van der Waals surface area contributed by atoms with Gasteiger partial charge in [-0.2, -0.15) is 0 Å². The maximum atomic E-state index is 14.8. The summed E-state index contributed by atoms with van der Waals surface area (Å²) in [6.07, 6.45) is 4.62. The number of ether oxygens (including phenoxy) is 1. The number of benzene rings is 1. The Balaban J connectivity index is 1.96. The van der Waals surface area contributed by atoms with Crippen molar-refractivity contribution in [3.05, 3.63) is 29.6 Å². The maximum absolute atomic E-state index is 14.8. The summed E-state index contributed by atoms with van der Waals surface area (Å²) >= 11 is 0. The van der Waals surface area contributed by atoms with E-state index in [1.807, 2.05) is 7.05 Å². The van der Waals surface area contributed by atoms with Crippen molar-refractivity contribution in [1.82, 2.24) is 5.32 Å². The molecular formula is C22H32FNO2. The van der Waals surface area contributed by atoms with Crippen LogP contribution in [0.3, 0.4) is 0 Å². The number of nitrogens with one attached hydrogen (secondary N) is 1.